The number of aliphatic hydroxyl groups is 1. The van der Waals surface area contributed by atoms with Crippen LogP contribution in [0.1, 0.15) is 0 Å². The number of rotatable bonds is 5. The summed E-state index contributed by atoms with van der Waals surface area (Å²) in [5.74, 6) is -1.53. The zero-order valence-electron chi connectivity index (χ0n) is 11.1. The van der Waals surface area contributed by atoms with E-state index in [1.54, 1.807) is 60.7 Å². The first-order chi connectivity index (χ1) is 10.3. The first-order valence-electron chi connectivity index (χ1n) is 6.15. The summed E-state index contributed by atoms with van der Waals surface area (Å²) < 4.78 is 21.4. The second kappa shape index (κ2) is 7.12. The lowest BCUT2D eigenvalue weighted by atomic mass is 10.3. The quantitative estimate of drug-likeness (QED) is 0.583. The van der Waals surface area contributed by atoms with Gasteiger partial charge in [0.2, 0.25) is 9.64 Å². The van der Waals surface area contributed by atoms with E-state index >= 15 is 0 Å². The van der Waals surface area contributed by atoms with Gasteiger partial charge in [0.05, 0.1) is 0 Å². The van der Waals surface area contributed by atoms with Crippen LogP contribution in [0.4, 0.5) is 0 Å². The van der Waals surface area contributed by atoms with Gasteiger partial charge in [-0.15, -0.1) is 0 Å². The van der Waals surface area contributed by atoms with Crippen molar-refractivity contribution in [3.8, 4) is 11.5 Å². The standard InChI is InChI=1S/C14H12Cl3O4P/c15-14(16,17)13(18)22(19,20-11-7-3-1-4-8-11)21-12-9-5-2-6-10-12/h1-10,13,18H/t13-/m0/s1. The number of benzene rings is 2. The minimum Gasteiger partial charge on any atom is -0.414 e. The largest absolute Gasteiger partial charge is 0.463 e. The van der Waals surface area contributed by atoms with E-state index in [1.807, 2.05) is 0 Å². The molecule has 2 aromatic rings. The molecule has 0 aliphatic carbocycles. The van der Waals surface area contributed by atoms with E-state index in [-0.39, 0.29) is 11.5 Å². The summed E-state index contributed by atoms with van der Waals surface area (Å²) in [6.45, 7) is 0. The third-order valence-corrected chi connectivity index (χ3v) is 5.54. The van der Waals surface area contributed by atoms with E-state index < -0.39 is 17.2 Å². The maximum atomic E-state index is 13.0. The Bertz CT molecular complexity index is 601. The first kappa shape index (κ1) is 17.5. The Morgan fingerprint density at radius 3 is 1.55 bits per heavy atom. The zero-order chi connectivity index (χ0) is 16.2. The third-order valence-electron chi connectivity index (χ3n) is 2.54. The van der Waals surface area contributed by atoms with Crippen LogP contribution in [-0.4, -0.2) is 14.7 Å². The lowest BCUT2D eigenvalue weighted by Crippen LogP contribution is -2.29. The fourth-order valence-corrected chi connectivity index (χ4v) is 4.06. The molecule has 0 radical (unpaired) electrons. The molecule has 1 N–H and O–H groups in total. The highest BCUT2D eigenvalue weighted by atomic mass is 35.6. The molecule has 0 bridgehead atoms. The normalized spacial score (nSPS) is 13.5. The minimum absolute atomic E-state index is 0.218. The maximum absolute atomic E-state index is 13.0. The van der Waals surface area contributed by atoms with Gasteiger partial charge in [-0.3, -0.25) is 0 Å². The van der Waals surface area contributed by atoms with E-state index in [1.165, 1.54) is 0 Å². The van der Waals surface area contributed by atoms with Crippen LogP contribution in [-0.2, 0) is 4.57 Å². The van der Waals surface area contributed by atoms with Gasteiger partial charge in [-0.05, 0) is 24.3 Å². The molecule has 22 heavy (non-hydrogen) atoms. The maximum Gasteiger partial charge on any atom is 0.463 e. The van der Waals surface area contributed by atoms with E-state index in [0.29, 0.717) is 0 Å². The predicted octanol–water partition coefficient (Wildman–Crippen LogP) is 5.03. The second-order valence-electron chi connectivity index (χ2n) is 4.26. The molecule has 8 heteroatoms. The van der Waals surface area contributed by atoms with Gasteiger partial charge >= 0.3 is 7.60 Å². The van der Waals surface area contributed by atoms with Crippen molar-refractivity contribution < 1.29 is 18.7 Å². The first-order valence-corrected chi connectivity index (χ1v) is 8.90. The Hall–Kier alpha value is -0.900. The van der Waals surface area contributed by atoms with Gasteiger partial charge in [-0.1, -0.05) is 71.2 Å². The average molecular weight is 382 g/mol. The van der Waals surface area contributed by atoms with Crippen molar-refractivity contribution in [2.45, 2.75) is 9.64 Å². The van der Waals surface area contributed by atoms with Crippen LogP contribution in [0.3, 0.4) is 0 Å². The van der Waals surface area contributed by atoms with Gasteiger partial charge in [0.1, 0.15) is 11.5 Å². The van der Waals surface area contributed by atoms with Crippen LogP contribution in [0.5, 0.6) is 11.5 Å². The van der Waals surface area contributed by atoms with Crippen molar-refractivity contribution in [3.63, 3.8) is 0 Å². The molecule has 2 rings (SSSR count). The summed E-state index contributed by atoms with van der Waals surface area (Å²) in [4.78, 5) is 0. The summed E-state index contributed by atoms with van der Waals surface area (Å²) in [7, 11) is -4.22. The molecule has 0 amide bonds. The lowest BCUT2D eigenvalue weighted by Gasteiger charge is -2.27. The van der Waals surface area contributed by atoms with E-state index in [4.69, 9.17) is 43.9 Å². The molecule has 0 saturated heterocycles. The van der Waals surface area contributed by atoms with E-state index in [2.05, 4.69) is 0 Å². The number of halogens is 3. The predicted molar refractivity (Wildman–Crippen MR) is 88.0 cm³/mol. The fraction of sp³-hybridized carbons (Fsp3) is 0.143. The van der Waals surface area contributed by atoms with Crippen LogP contribution in [0.25, 0.3) is 0 Å². The molecule has 0 heterocycles. The van der Waals surface area contributed by atoms with Crippen LogP contribution < -0.4 is 9.05 Å². The van der Waals surface area contributed by atoms with Crippen molar-refractivity contribution in [1.29, 1.82) is 0 Å². The summed E-state index contributed by atoms with van der Waals surface area (Å²) in [6, 6.07) is 16.4. The van der Waals surface area contributed by atoms with Crippen LogP contribution in [0.15, 0.2) is 60.7 Å². The molecule has 0 saturated carbocycles. The minimum atomic E-state index is -4.22. The third kappa shape index (κ3) is 4.55. The van der Waals surface area contributed by atoms with Crippen molar-refractivity contribution in [2.75, 3.05) is 0 Å². The van der Waals surface area contributed by atoms with Crippen molar-refractivity contribution in [1.82, 2.24) is 0 Å². The van der Waals surface area contributed by atoms with Gasteiger partial charge in [0, 0.05) is 0 Å². The van der Waals surface area contributed by atoms with Gasteiger partial charge < -0.3 is 14.2 Å². The Morgan fingerprint density at radius 2 is 1.23 bits per heavy atom. The second-order valence-corrected chi connectivity index (χ2v) is 8.57. The molecular weight excluding hydrogens is 369 g/mol. The molecule has 118 valence electrons. The molecule has 1 atom stereocenters. The molecule has 4 nitrogen and oxygen atoms in total. The average Bonchev–Trinajstić information content (AvgIpc) is 2.47. The van der Waals surface area contributed by atoms with Gasteiger partial charge in [0.15, 0.2) is 0 Å². The molecule has 2 aromatic carbocycles. The molecule has 0 unspecified atom stereocenters. The molecule has 0 aromatic heterocycles. The Labute approximate surface area is 143 Å². The SMILES string of the molecule is O=P(Oc1ccccc1)(Oc1ccccc1)[C@H](O)C(Cl)(Cl)Cl. The van der Waals surface area contributed by atoms with Gasteiger partial charge in [-0.25, -0.2) is 4.57 Å². The number of para-hydroxylation sites is 2. The molecule has 0 spiro atoms. The molecule has 0 aliphatic heterocycles. The highest BCUT2D eigenvalue weighted by molar-refractivity contribution is 7.55. The van der Waals surface area contributed by atoms with Gasteiger partial charge in [0.25, 0.3) is 0 Å². The Morgan fingerprint density at radius 1 is 0.864 bits per heavy atom. The highest BCUT2D eigenvalue weighted by Gasteiger charge is 2.50. The lowest BCUT2D eigenvalue weighted by molar-refractivity contribution is 0.212. The zero-order valence-corrected chi connectivity index (χ0v) is 14.3. The van der Waals surface area contributed by atoms with Crippen molar-refractivity contribution >= 4 is 42.4 Å². The van der Waals surface area contributed by atoms with Gasteiger partial charge in [-0.2, -0.15) is 0 Å². The monoisotopic (exact) mass is 380 g/mol. The van der Waals surface area contributed by atoms with Crippen molar-refractivity contribution in [3.05, 3.63) is 60.7 Å². The van der Waals surface area contributed by atoms with Crippen LogP contribution in [0, 0.1) is 0 Å². The number of hydrogen-bond acceptors (Lipinski definition) is 4. The Kier molecular flexibility index (Phi) is 5.65. The van der Waals surface area contributed by atoms with Crippen molar-refractivity contribution in [2.24, 2.45) is 0 Å². The summed E-state index contributed by atoms with van der Waals surface area (Å²) in [6.07, 6.45) is 0. The smallest absolute Gasteiger partial charge is 0.414 e. The Balaban J connectivity index is 2.34. The summed E-state index contributed by atoms with van der Waals surface area (Å²) >= 11 is 16.9. The molecular formula is C14H12Cl3O4P. The molecule has 0 aliphatic rings. The summed E-state index contributed by atoms with van der Waals surface area (Å²) in [5, 5.41) is 10.1. The van der Waals surface area contributed by atoms with Crippen LogP contribution in [0.2, 0.25) is 0 Å². The van der Waals surface area contributed by atoms with E-state index in [0.717, 1.165) is 0 Å². The van der Waals surface area contributed by atoms with Crippen LogP contribution >= 0.6 is 42.4 Å². The topological polar surface area (TPSA) is 55.8 Å². The summed E-state index contributed by atoms with van der Waals surface area (Å²) in [5.41, 5.74) is 0. The highest BCUT2D eigenvalue weighted by Crippen LogP contribution is 2.58. The number of alkyl halides is 3. The number of aliphatic hydroxyl groups excluding tert-OH is 1. The number of hydrogen-bond donors (Lipinski definition) is 1. The van der Waals surface area contributed by atoms with E-state index in [9.17, 15) is 9.67 Å². The molecule has 0 fully saturated rings. The fourth-order valence-electron chi connectivity index (χ4n) is 1.55.